The van der Waals surface area contributed by atoms with E-state index in [1.165, 1.54) is 10.7 Å². The molecule has 4 heterocycles. The summed E-state index contributed by atoms with van der Waals surface area (Å²) in [5.41, 5.74) is 3.60. The summed E-state index contributed by atoms with van der Waals surface area (Å²) in [6, 6.07) is 14.6. The zero-order valence-electron chi connectivity index (χ0n) is 27.2. The average Bonchev–Trinajstić information content (AvgIpc) is 3.49. The first-order valence-corrected chi connectivity index (χ1v) is 16.6. The van der Waals surface area contributed by atoms with Crippen LogP contribution in [0.3, 0.4) is 0 Å². The number of piperazine rings is 1. The quantitative estimate of drug-likeness (QED) is 0.280. The van der Waals surface area contributed by atoms with Crippen LogP contribution in [0.4, 0.5) is 18.9 Å². The van der Waals surface area contributed by atoms with Crippen LogP contribution >= 0.6 is 23.2 Å². The molecular formula is C33H35Cl2F3N8O4. The Kier molecular flexibility index (Phi) is 11.8. The molecule has 1 fully saturated rings. The second-order valence-corrected chi connectivity index (χ2v) is 12.8. The molecule has 2 aromatic carbocycles. The van der Waals surface area contributed by atoms with Crippen LogP contribution in [-0.2, 0) is 14.3 Å². The number of hydrogen-bond acceptors (Lipinski definition) is 9. The third-order valence-corrected chi connectivity index (χ3v) is 8.71. The Morgan fingerprint density at radius 1 is 1.02 bits per heavy atom. The van der Waals surface area contributed by atoms with Crippen molar-refractivity contribution in [1.82, 2.24) is 34.8 Å². The molecule has 17 heteroatoms. The van der Waals surface area contributed by atoms with Crippen LogP contribution in [0.1, 0.15) is 44.2 Å². The molecule has 266 valence electrons. The van der Waals surface area contributed by atoms with Crippen molar-refractivity contribution in [2.75, 3.05) is 38.1 Å². The van der Waals surface area contributed by atoms with Gasteiger partial charge in [-0.25, -0.2) is 9.67 Å². The highest BCUT2D eigenvalue weighted by Crippen LogP contribution is 2.31. The SMILES string of the molecule is CC(=O)OC(F)(F)F.CN1CCN2c3cccc(c3)[C@@H](n3cnc(-c4cc(Cl)ccc4-n4cc(Cl)nn4)cc3=O)CCCCCNC(=O)[C@H]2C1. The Morgan fingerprint density at radius 3 is 2.50 bits per heavy atom. The molecule has 2 aromatic heterocycles. The summed E-state index contributed by atoms with van der Waals surface area (Å²) in [6.45, 7) is 3.61. The second-order valence-electron chi connectivity index (χ2n) is 11.9. The number of nitrogens with zero attached hydrogens (tertiary/aromatic N) is 7. The van der Waals surface area contributed by atoms with E-state index < -0.39 is 12.3 Å². The fourth-order valence-corrected chi connectivity index (χ4v) is 6.33. The fraction of sp³-hybridized carbons (Fsp3) is 0.394. The van der Waals surface area contributed by atoms with E-state index in [1.54, 1.807) is 35.3 Å². The van der Waals surface area contributed by atoms with Gasteiger partial charge < -0.3 is 19.9 Å². The van der Waals surface area contributed by atoms with Crippen molar-refractivity contribution in [3.05, 3.63) is 87.1 Å². The summed E-state index contributed by atoms with van der Waals surface area (Å²) in [7, 11) is 2.05. The molecule has 6 rings (SSSR count). The van der Waals surface area contributed by atoms with Gasteiger partial charge in [0.25, 0.3) is 5.56 Å². The zero-order chi connectivity index (χ0) is 36.0. The second kappa shape index (κ2) is 16.0. The van der Waals surface area contributed by atoms with Gasteiger partial charge in [0.2, 0.25) is 5.91 Å². The van der Waals surface area contributed by atoms with E-state index >= 15 is 0 Å². The number of anilines is 1. The van der Waals surface area contributed by atoms with Crippen LogP contribution in [0, 0.1) is 0 Å². The number of likely N-dealkylation sites (N-methyl/N-ethyl adjacent to an activating group) is 1. The lowest BCUT2D eigenvalue weighted by molar-refractivity contribution is -0.304. The predicted molar refractivity (Wildman–Crippen MR) is 181 cm³/mol. The van der Waals surface area contributed by atoms with Crippen LogP contribution in [0.15, 0.2) is 65.8 Å². The van der Waals surface area contributed by atoms with E-state index in [0.29, 0.717) is 42.0 Å². The number of rotatable bonds is 3. The van der Waals surface area contributed by atoms with Crippen molar-refractivity contribution >= 4 is 40.8 Å². The zero-order valence-corrected chi connectivity index (χ0v) is 28.8. The fourth-order valence-electron chi connectivity index (χ4n) is 6.03. The number of ether oxygens (including phenoxy) is 1. The van der Waals surface area contributed by atoms with Crippen molar-refractivity contribution in [2.45, 2.75) is 51.1 Å². The smallest absolute Gasteiger partial charge is 0.373 e. The van der Waals surface area contributed by atoms with Gasteiger partial charge in [0.1, 0.15) is 6.04 Å². The molecule has 50 heavy (non-hydrogen) atoms. The van der Waals surface area contributed by atoms with Gasteiger partial charge in [-0.1, -0.05) is 53.4 Å². The van der Waals surface area contributed by atoms with Crippen molar-refractivity contribution < 1.29 is 27.5 Å². The molecule has 2 aliphatic heterocycles. The lowest BCUT2D eigenvalue weighted by Crippen LogP contribution is -2.58. The Balaban J connectivity index is 0.000000544. The highest BCUT2D eigenvalue weighted by molar-refractivity contribution is 6.31. The molecule has 4 aromatic rings. The Labute approximate surface area is 295 Å². The molecular weight excluding hydrogens is 700 g/mol. The lowest BCUT2D eigenvalue weighted by Gasteiger charge is -2.40. The number of nitrogens with one attached hydrogen (secondary N) is 1. The number of alkyl halides is 3. The Hall–Kier alpha value is -4.47. The molecule has 1 saturated heterocycles. The van der Waals surface area contributed by atoms with Crippen LogP contribution in [0.5, 0.6) is 0 Å². The topological polar surface area (TPSA) is 127 Å². The molecule has 0 saturated carbocycles. The third-order valence-electron chi connectivity index (χ3n) is 8.30. The Bertz CT molecular complexity index is 1890. The number of carbonyl (C=O) groups is 2. The van der Waals surface area contributed by atoms with Crippen LogP contribution in [-0.4, -0.2) is 87.0 Å². The summed E-state index contributed by atoms with van der Waals surface area (Å²) in [5, 5.41) is 11.8. The van der Waals surface area contributed by atoms with Gasteiger partial charge in [-0.3, -0.25) is 19.0 Å². The monoisotopic (exact) mass is 734 g/mol. The van der Waals surface area contributed by atoms with E-state index in [2.05, 4.69) is 49.3 Å². The number of esters is 1. The number of benzene rings is 2. The van der Waals surface area contributed by atoms with Gasteiger partial charge in [-0.15, -0.1) is 18.3 Å². The summed E-state index contributed by atoms with van der Waals surface area (Å²) < 4.78 is 38.6. The van der Waals surface area contributed by atoms with Crippen LogP contribution < -0.4 is 15.8 Å². The van der Waals surface area contributed by atoms with E-state index in [0.717, 1.165) is 50.0 Å². The van der Waals surface area contributed by atoms with Gasteiger partial charge in [-0.2, -0.15) is 0 Å². The first-order valence-electron chi connectivity index (χ1n) is 15.8. The molecule has 0 spiro atoms. The maximum atomic E-state index is 13.7. The third kappa shape index (κ3) is 9.40. The standard InChI is InChI=1S/C30H32Cl2N8O2.C3H3F3O2/c1-37-12-13-38-22-7-5-6-20(14-22)25(8-3-2-4-11-33-30(42)27(38)17-37)39-19-34-24(16-29(39)41)23-15-21(31)9-10-26(23)40-18-28(32)35-36-40;1-2(7)8-3(4,5)6/h5-7,9-10,14-16,18-19,25,27H,2-4,8,11-13,17H2,1H3,(H,33,42);1H3/t25-,27+;/m0./s1. The number of carbonyl (C=O) groups excluding carboxylic acids is 2. The van der Waals surface area contributed by atoms with Crippen molar-refractivity contribution in [3.8, 4) is 16.9 Å². The number of fused-ring (bicyclic) bond motifs is 4. The first kappa shape index (κ1) is 36.8. The molecule has 2 aliphatic rings. The molecule has 1 amide bonds. The van der Waals surface area contributed by atoms with Gasteiger partial charge in [0.15, 0.2) is 5.15 Å². The van der Waals surface area contributed by atoms with Crippen molar-refractivity contribution in [1.29, 1.82) is 0 Å². The molecule has 0 unspecified atom stereocenters. The lowest BCUT2D eigenvalue weighted by atomic mass is 9.98. The number of halogens is 5. The molecule has 12 nitrogen and oxygen atoms in total. The summed E-state index contributed by atoms with van der Waals surface area (Å²) >= 11 is 12.4. The number of aromatic nitrogens is 5. The van der Waals surface area contributed by atoms with Crippen LogP contribution in [0.25, 0.3) is 16.9 Å². The highest BCUT2D eigenvalue weighted by atomic mass is 35.5. The van der Waals surface area contributed by atoms with Crippen LogP contribution in [0.2, 0.25) is 10.2 Å². The average molecular weight is 736 g/mol. The minimum atomic E-state index is -4.83. The van der Waals surface area contributed by atoms with Gasteiger partial charge in [0, 0.05) is 55.4 Å². The van der Waals surface area contributed by atoms with Crippen molar-refractivity contribution in [3.63, 3.8) is 0 Å². The summed E-state index contributed by atoms with van der Waals surface area (Å²) in [6.07, 6.45) is 1.88. The van der Waals surface area contributed by atoms with Crippen molar-refractivity contribution in [2.24, 2.45) is 0 Å². The summed E-state index contributed by atoms with van der Waals surface area (Å²) in [4.78, 5) is 45.5. The molecule has 0 radical (unpaired) electrons. The largest absolute Gasteiger partial charge is 0.575 e. The molecule has 2 atom stereocenters. The first-order chi connectivity index (χ1) is 23.8. The normalized spacial score (nSPS) is 18.7. The van der Waals surface area contributed by atoms with Gasteiger partial charge >= 0.3 is 12.3 Å². The van der Waals surface area contributed by atoms with E-state index in [4.69, 9.17) is 28.2 Å². The van der Waals surface area contributed by atoms with E-state index in [9.17, 15) is 27.6 Å². The number of amides is 1. The van der Waals surface area contributed by atoms with E-state index in [-0.39, 0.29) is 28.7 Å². The molecule has 2 bridgehead atoms. The Morgan fingerprint density at radius 2 is 1.82 bits per heavy atom. The maximum Gasteiger partial charge on any atom is 0.575 e. The highest BCUT2D eigenvalue weighted by Gasteiger charge is 2.33. The predicted octanol–water partition coefficient (Wildman–Crippen LogP) is 5.27. The maximum absolute atomic E-state index is 13.7. The summed E-state index contributed by atoms with van der Waals surface area (Å²) in [5.74, 6) is -1.29. The minimum Gasteiger partial charge on any atom is -0.373 e. The van der Waals surface area contributed by atoms with Gasteiger partial charge in [0.05, 0.1) is 29.9 Å². The molecule has 1 N–H and O–H groups in total. The van der Waals surface area contributed by atoms with E-state index in [1.807, 2.05) is 12.1 Å². The minimum absolute atomic E-state index is 0.0623. The molecule has 0 aliphatic carbocycles. The number of hydrogen-bond donors (Lipinski definition) is 1. The van der Waals surface area contributed by atoms with Gasteiger partial charge in [-0.05, 0) is 55.8 Å².